The van der Waals surface area contributed by atoms with Crippen LogP contribution >= 0.6 is 27.5 Å². The fraction of sp³-hybridized carbons (Fsp3) is 0.571. The highest BCUT2D eigenvalue weighted by Gasteiger charge is 2.10. The van der Waals surface area contributed by atoms with Gasteiger partial charge in [0.15, 0.2) is 0 Å². The third-order valence-corrected chi connectivity index (χ3v) is 3.76. The van der Waals surface area contributed by atoms with Crippen LogP contribution < -0.4 is 11.3 Å². The molecule has 0 heterocycles. The van der Waals surface area contributed by atoms with Gasteiger partial charge in [-0.3, -0.25) is 11.3 Å². The van der Waals surface area contributed by atoms with Crippen LogP contribution in [-0.4, -0.2) is 0 Å². The van der Waals surface area contributed by atoms with Crippen molar-refractivity contribution in [2.75, 3.05) is 0 Å². The summed E-state index contributed by atoms with van der Waals surface area (Å²) >= 11 is 9.51. The number of hydrazine groups is 1. The summed E-state index contributed by atoms with van der Waals surface area (Å²) in [7, 11) is 0. The predicted molar refractivity (Wildman–Crippen MR) is 82.6 cm³/mol. The maximum absolute atomic E-state index is 6.06. The zero-order valence-corrected chi connectivity index (χ0v) is 13.2. The van der Waals surface area contributed by atoms with Gasteiger partial charge in [-0.15, -0.1) is 0 Å². The lowest BCUT2D eigenvalue weighted by molar-refractivity contribution is 0.479. The van der Waals surface area contributed by atoms with Gasteiger partial charge in [0.05, 0.1) is 0 Å². The number of nitrogens with two attached hydrogens (primary N) is 1. The van der Waals surface area contributed by atoms with Crippen molar-refractivity contribution in [3.8, 4) is 0 Å². The van der Waals surface area contributed by atoms with Gasteiger partial charge in [-0.25, -0.2) is 0 Å². The molecule has 0 aliphatic heterocycles. The topological polar surface area (TPSA) is 38.0 Å². The fourth-order valence-electron chi connectivity index (χ4n) is 2.07. The molecule has 0 radical (unpaired) electrons. The van der Waals surface area contributed by atoms with Crippen molar-refractivity contribution in [3.05, 3.63) is 33.3 Å². The van der Waals surface area contributed by atoms with Crippen LogP contribution in [-0.2, 0) is 0 Å². The van der Waals surface area contributed by atoms with Gasteiger partial charge in [0.25, 0.3) is 0 Å². The molecule has 1 atom stereocenters. The lowest BCUT2D eigenvalue weighted by atomic mass is 10.0. The molecule has 3 N–H and O–H groups in total. The molecule has 0 saturated carbocycles. The molecule has 0 bridgehead atoms. The van der Waals surface area contributed by atoms with Gasteiger partial charge in [-0.05, 0) is 30.2 Å². The molecular formula is C14H22BrClN2. The molecule has 0 saturated heterocycles. The van der Waals surface area contributed by atoms with Crippen molar-refractivity contribution in [2.24, 2.45) is 5.84 Å². The van der Waals surface area contributed by atoms with Crippen LogP contribution in [0.25, 0.3) is 0 Å². The van der Waals surface area contributed by atoms with Crippen LogP contribution in [0.15, 0.2) is 22.7 Å². The monoisotopic (exact) mass is 332 g/mol. The minimum Gasteiger partial charge on any atom is -0.271 e. The smallest absolute Gasteiger partial charge is 0.0460 e. The first-order valence-electron chi connectivity index (χ1n) is 6.59. The van der Waals surface area contributed by atoms with E-state index in [9.17, 15) is 0 Å². The maximum atomic E-state index is 6.06. The number of rotatable bonds is 8. The molecule has 0 fully saturated rings. The number of halogens is 2. The van der Waals surface area contributed by atoms with Crippen LogP contribution in [0.5, 0.6) is 0 Å². The molecule has 1 rings (SSSR count). The van der Waals surface area contributed by atoms with Crippen LogP contribution in [0.3, 0.4) is 0 Å². The molecule has 4 heteroatoms. The Hall–Kier alpha value is -0.0900. The Morgan fingerprint density at radius 2 is 1.94 bits per heavy atom. The average molecular weight is 334 g/mol. The average Bonchev–Trinajstić information content (AvgIpc) is 2.32. The van der Waals surface area contributed by atoms with Crippen molar-refractivity contribution in [1.29, 1.82) is 0 Å². The van der Waals surface area contributed by atoms with Crippen LogP contribution in [0.2, 0.25) is 5.02 Å². The van der Waals surface area contributed by atoms with Crippen molar-refractivity contribution in [3.63, 3.8) is 0 Å². The summed E-state index contributed by atoms with van der Waals surface area (Å²) in [5.74, 6) is 5.64. The summed E-state index contributed by atoms with van der Waals surface area (Å²) < 4.78 is 0.997. The molecule has 0 aromatic heterocycles. The van der Waals surface area contributed by atoms with E-state index in [4.69, 9.17) is 17.4 Å². The highest BCUT2D eigenvalue weighted by atomic mass is 79.9. The van der Waals surface area contributed by atoms with E-state index >= 15 is 0 Å². The highest BCUT2D eigenvalue weighted by Crippen LogP contribution is 2.26. The first-order valence-corrected chi connectivity index (χ1v) is 7.76. The van der Waals surface area contributed by atoms with Gasteiger partial charge in [0.2, 0.25) is 0 Å². The van der Waals surface area contributed by atoms with Crippen LogP contribution in [0, 0.1) is 0 Å². The van der Waals surface area contributed by atoms with E-state index in [1.807, 2.05) is 12.1 Å². The molecule has 0 aliphatic rings. The van der Waals surface area contributed by atoms with Gasteiger partial charge in [-0.1, -0.05) is 66.6 Å². The summed E-state index contributed by atoms with van der Waals surface area (Å²) in [5, 5.41) is 0.741. The standard InChI is InChI=1S/C14H22BrClN2/c1-2-3-4-5-6-7-14(18-17)11-8-12(15)10-13(16)9-11/h8-10,14,18H,2-7,17H2,1H3. The third-order valence-electron chi connectivity index (χ3n) is 3.08. The lowest BCUT2D eigenvalue weighted by Gasteiger charge is -2.17. The molecule has 0 aliphatic carbocycles. The Kier molecular flexibility index (Phi) is 7.91. The predicted octanol–water partition coefficient (Wildman–Crippen LogP) is 4.97. The Balaban J connectivity index is 2.49. The summed E-state index contributed by atoms with van der Waals surface area (Å²) in [4.78, 5) is 0. The van der Waals surface area contributed by atoms with Crippen LogP contribution in [0.1, 0.15) is 57.1 Å². The second-order valence-electron chi connectivity index (χ2n) is 4.62. The molecule has 1 unspecified atom stereocenters. The Labute approximate surface area is 123 Å². The Bertz CT molecular complexity index is 337. The maximum Gasteiger partial charge on any atom is 0.0460 e. The fourth-order valence-corrected chi connectivity index (χ4v) is 2.96. The number of hydrogen-bond donors (Lipinski definition) is 2. The molecule has 1 aromatic carbocycles. The minimum absolute atomic E-state index is 0.182. The van der Waals surface area contributed by atoms with E-state index < -0.39 is 0 Å². The Morgan fingerprint density at radius 3 is 2.56 bits per heavy atom. The van der Waals surface area contributed by atoms with Gasteiger partial charge in [0, 0.05) is 15.5 Å². The number of nitrogens with one attached hydrogen (secondary N) is 1. The van der Waals surface area contributed by atoms with E-state index in [1.165, 1.54) is 32.1 Å². The zero-order valence-electron chi connectivity index (χ0n) is 10.9. The summed E-state index contributed by atoms with van der Waals surface area (Å²) in [6, 6.07) is 6.12. The SMILES string of the molecule is CCCCCCCC(NN)c1cc(Cl)cc(Br)c1. The van der Waals surface area contributed by atoms with Crippen molar-refractivity contribution < 1.29 is 0 Å². The molecule has 1 aromatic rings. The van der Waals surface area contributed by atoms with Crippen molar-refractivity contribution in [2.45, 2.75) is 51.5 Å². The lowest BCUT2D eigenvalue weighted by Crippen LogP contribution is -2.28. The molecule has 102 valence electrons. The first kappa shape index (κ1) is 16.0. The van der Waals surface area contributed by atoms with Crippen LogP contribution in [0.4, 0.5) is 0 Å². The summed E-state index contributed by atoms with van der Waals surface area (Å²) in [6.45, 7) is 2.23. The number of hydrogen-bond acceptors (Lipinski definition) is 2. The van der Waals surface area contributed by atoms with Crippen molar-refractivity contribution in [1.82, 2.24) is 5.43 Å². The van der Waals surface area contributed by atoms with Crippen molar-refractivity contribution >= 4 is 27.5 Å². The quantitative estimate of drug-likeness (QED) is 0.400. The molecular weight excluding hydrogens is 312 g/mol. The first-order chi connectivity index (χ1) is 8.67. The molecule has 0 spiro atoms. The van der Waals surface area contributed by atoms with Gasteiger partial charge in [0.1, 0.15) is 0 Å². The molecule has 0 amide bonds. The normalized spacial score (nSPS) is 12.7. The minimum atomic E-state index is 0.182. The number of unbranched alkanes of at least 4 members (excludes halogenated alkanes) is 4. The largest absolute Gasteiger partial charge is 0.271 e. The van der Waals surface area contributed by atoms with Gasteiger partial charge < -0.3 is 0 Å². The second kappa shape index (κ2) is 8.92. The van der Waals surface area contributed by atoms with Gasteiger partial charge >= 0.3 is 0 Å². The highest BCUT2D eigenvalue weighted by molar-refractivity contribution is 9.10. The molecule has 18 heavy (non-hydrogen) atoms. The third kappa shape index (κ3) is 5.70. The van der Waals surface area contributed by atoms with E-state index in [0.29, 0.717) is 0 Å². The zero-order chi connectivity index (χ0) is 13.4. The Morgan fingerprint density at radius 1 is 1.22 bits per heavy atom. The number of benzene rings is 1. The van der Waals surface area contributed by atoms with E-state index in [2.05, 4.69) is 34.3 Å². The van der Waals surface area contributed by atoms with Gasteiger partial charge in [-0.2, -0.15) is 0 Å². The second-order valence-corrected chi connectivity index (χ2v) is 5.98. The summed E-state index contributed by atoms with van der Waals surface area (Å²) in [6.07, 6.45) is 7.43. The van der Waals surface area contributed by atoms with E-state index in [-0.39, 0.29) is 6.04 Å². The molecule has 2 nitrogen and oxygen atoms in total. The van der Waals surface area contributed by atoms with E-state index in [0.717, 1.165) is 21.5 Å². The van der Waals surface area contributed by atoms with E-state index in [1.54, 1.807) is 0 Å². The summed E-state index contributed by atoms with van der Waals surface area (Å²) in [5.41, 5.74) is 4.03.